The molecule has 0 aromatic heterocycles. The molecule has 190 valence electrons. The van der Waals surface area contributed by atoms with Crippen LogP contribution in [0.1, 0.15) is 12.5 Å². The second kappa shape index (κ2) is 11.3. The van der Waals surface area contributed by atoms with Crippen LogP contribution in [0.3, 0.4) is 0 Å². The summed E-state index contributed by atoms with van der Waals surface area (Å²) in [4.78, 5) is 51.8. The molecule has 0 radical (unpaired) electrons. The lowest BCUT2D eigenvalue weighted by Gasteiger charge is -2.44. The molecule has 1 N–H and O–H groups in total. The van der Waals surface area contributed by atoms with Crippen LogP contribution in [0.5, 0.6) is 5.75 Å². The number of β-lactam (4-membered cyclic amide) rings is 1. The Balaban J connectivity index is 1.46. The minimum atomic E-state index is -1.00. The maximum absolute atomic E-state index is 13.3. The van der Waals surface area contributed by atoms with Gasteiger partial charge in [0, 0.05) is 12.3 Å². The predicted molar refractivity (Wildman–Crippen MR) is 135 cm³/mol. The molecule has 2 heterocycles. The summed E-state index contributed by atoms with van der Waals surface area (Å²) in [6.07, 6.45) is 0. The van der Waals surface area contributed by atoms with Gasteiger partial charge in [-0.1, -0.05) is 64.5 Å². The van der Waals surface area contributed by atoms with E-state index in [1.165, 1.54) is 23.6 Å². The van der Waals surface area contributed by atoms with Gasteiger partial charge in [-0.15, -0.1) is 11.8 Å². The number of esters is 2. The summed E-state index contributed by atoms with van der Waals surface area (Å²) in [6, 6.07) is 16.2. The largest absolute Gasteiger partial charge is 0.484 e. The zero-order chi connectivity index (χ0) is 25.7. The summed E-state index contributed by atoms with van der Waals surface area (Å²) in [5, 5.41) is 2.42. The molecule has 0 bridgehead atoms. The third-order valence-corrected chi connectivity index (χ3v) is 8.90. The van der Waals surface area contributed by atoms with Crippen LogP contribution in [0.25, 0.3) is 0 Å². The molecule has 2 aliphatic rings. The van der Waals surface area contributed by atoms with Crippen LogP contribution in [0.4, 0.5) is 0 Å². The zero-order valence-corrected chi connectivity index (χ0v) is 21.8. The first-order chi connectivity index (χ1) is 17.3. The van der Waals surface area contributed by atoms with Crippen LogP contribution in [-0.2, 0) is 35.3 Å². The van der Waals surface area contributed by atoms with E-state index in [2.05, 4.69) is 21.2 Å². The smallest absolute Gasteiger partial charge is 0.330 e. The summed E-state index contributed by atoms with van der Waals surface area (Å²) in [5.74, 6) is -1.45. The molecule has 0 spiro atoms. The number of amides is 2. The van der Waals surface area contributed by atoms with Crippen molar-refractivity contribution in [3.05, 3.63) is 66.2 Å². The Kier molecular flexibility index (Phi) is 8.20. The van der Waals surface area contributed by atoms with Gasteiger partial charge in [0.1, 0.15) is 36.4 Å². The lowest BCUT2D eigenvalue weighted by molar-refractivity contribution is -0.166. The Morgan fingerprint density at radius 2 is 1.72 bits per heavy atom. The molecule has 4 unspecified atom stereocenters. The highest BCUT2D eigenvalue weighted by atomic mass is 79.9. The van der Waals surface area contributed by atoms with Gasteiger partial charge in [0.25, 0.3) is 5.91 Å². The third kappa shape index (κ3) is 5.52. The number of benzene rings is 2. The molecule has 2 fully saturated rings. The van der Waals surface area contributed by atoms with Gasteiger partial charge in [0.2, 0.25) is 5.91 Å². The fraction of sp³-hybridized carbons (Fsp3) is 0.360. The molecule has 2 aromatic rings. The van der Waals surface area contributed by atoms with Crippen LogP contribution < -0.4 is 10.1 Å². The number of nitrogens with zero attached hydrogens (tertiary/aromatic N) is 1. The van der Waals surface area contributed by atoms with E-state index >= 15 is 0 Å². The molecule has 36 heavy (non-hydrogen) atoms. The van der Waals surface area contributed by atoms with Gasteiger partial charge in [-0.2, -0.15) is 0 Å². The van der Waals surface area contributed by atoms with E-state index in [1.807, 2.05) is 36.4 Å². The summed E-state index contributed by atoms with van der Waals surface area (Å²) in [7, 11) is 0. The van der Waals surface area contributed by atoms with Crippen molar-refractivity contribution in [2.24, 2.45) is 0 Å². The molecule has 0 saturated carbocycles. The van der Waals surface area contributed by atoms with Gasteiger partial charge in [-0.25, -0.2) is 4.79 Å². The van der Waals surface area contributed by atoms with Crippen molar-refractivity contribution in [2.45, 2.75) is 35.7 Å². The fourth-order valence-corrected chi connectivity index (χ4v) is 6.61. The highest BCUT2D eigenvalue weighted by Gasteiger charge is 2.67. The van der Waals surface area contributed by atoms with E-state index in [4.69, 9.17) is 14.2 Å². The summed E-state index contributed by atoms with van der Waals surface area (Å²) >= 11 is 4.75. The van der Waals surface area contributed by atoms with Crippen molar-refractivity contribution in [2.75, 3.05) is 18.5 Å². The van der Waals surface area contributed by atoms with Gasteiger partial charge in [-0.3, -0.25) is 14.4 Å². The Hall–Kier alpha value is -3.05. The standard InChI is InChI=1S/C25H25BrN2O7S/c1-16(29)35-15-25(14-26)21(24(32)34-12-17-8-4-2-5-9-17)28-22(31)20(23(28)36-25)27-19(30)13-33-18-10-6-3-7-11-18/h2-11,20-21,23H,12-15H2,1H3,(H,27,30). The quantitative estimate of drug-likeness (QED) is 0.260. The zero-order valence-electron chi connectivity index (χ0n) is 19.4. The number of hydrogen-bond donors (Lipinski definition) is 1. The second-order valence-corrected chi connectivity index (χ2v) is 10.5. The van der Waals surface area contributed by atoms with Gasteiger partial charge in [0.05, 0.1) is 4.75 Å². The average Bonchev–Trinajstić information content (AvgIpc) is 3.21. The van der Waals surface area contributed by atoms with Crippen molar-refractivity contribution in [3.8, 4) is 5.75 Å². The number of carbonyl (C=O) groups excluding carboxylic acids is 4. The number of hydrogen-bond acceptors (Lipinski definition) is 8. The van der Waals surface area contributed by atoms with Crippen molar-refractivity contribution < 1.29 is 33.4 Å². The fourth-order valence-electron chi connectivity index (χ4n) is 4.07. The summed E-state index contributed by atoms with van der Waals surface area (Å²) in [6.45, 7) is 0.947. The first kappa shape index (κ1) is 26.0. The SMILES string of the molecule is CC(=O)OCC1(CBr)SC2C(NC(=O)COc3ccccc3)C(=O)N2C1C(=O)OCc1ccccc1. The topological polar surface area (TPSA) is 111 Å². The minimum Gasteiger partial charge on any atom is -0.484 e. The van der Waals surface area contributed by atoms with Gasteiger partial charge >= 0.3 is 11.9 Å². The average molecular weight is 577 g/mol. The van der Waals surface area contributed by atoms with Crippen molar-refractivity contribution in [3.63, 3.8) is 0 Å². The van der Waals surface area contributed by atoms with Crippen molar-refractivity contribution >= 4 is 51.4 Å². The number of rotatable bonds is 10. The lowest BCUT2D eigenvalue weighted by atomic mass is 9.95. The molecule has 0 aliphatic carbocycles. The molecule has 2 amide bonds. The van der Waals surface area contributed by atoms with E-state index in [-0.39, 0.29) is 25.2 Å². The van der Waals surface area contributed by atoms with E-state index in [1.54, 1.807) is 24.3 Å². The van der Waals surface area contributed by atoms with Crippen LogP contribution >= 0.6 is 27.7 Å². The molecule has 2 aliphatic heterocycles. The van der Waals surface area contributed by atoms with Crippen LogP contribution in [0.15, 0.2) is 60.7 Å². The monoisotopic (exact) mass is 576 g/mol. The Morgan fingerprint density at radius 3 is 2.36 bits per heavy atom. The summed E-state index contributed by atoms with van der Waals surface area (Å²) in [5.41, 5.74) is 0.802. The van der Waals surface area contributed by atoms with Gasteiger partial charge in [0.15, 0.2) is 6.61 Å². The number of alkyl halides is 1. The second-order valence-electron chi connectivity index (χ2n) is 8.38. The van der Waals surface area contributed by atoms with Crippen LogP contribution in [0, 0.1) is 0 Å². The molecule has 2 aromatic carbocycles. The van der Waals surface area contributed by atoms with E-state index < -0.39 is 46.0 Å². The molecular weight excluding hydrogens is 552 g/mol. The molecule has 4 rings (SSSR count). The first-order valence-corrected chi connectivity index (χ1v) is 13.2. The van der Waals surface area contributed by atoms with E-state index in [0.29, 0.717) is 5.75 Å². The summed E-state index contributed by atoms with van der Waals surface area (Å²) < 4.78 is 15.3. The van der Waals surface area contributed by atoms with Gasteiger partial charge < -0.3 is 24.4 Å². The highest BCUT2D eigenvalue weighted by molar-refractivity contribution is 9.09. The first-order valence-electron chi connectivity index (χ1n) is 11.2. The molecule has 11 heteroatoms. The third-order valence-electron chi connectivity index (χ3n) is 5.83. The normalized spacial score (nSPS) is 24.3. The number of para-hydroxylation sites is 1. The molecule has 9 nitrogen and oxygen atoms in total. The lowest BCUT2D eigenvalue weighted by Crippen LogP contribution is -2.71. The minimum absolute atomic E-state index is 0.0382. The molecular formula is C25H25BrN2O7S. The maximum atomic E-state index is 13.3. The van der Waals surface area contributed by atoms with E-state index in [0.717, 1.165) is 5.56 Å². The van der Waals surface area contributed by atoms with Crippen LogP contribution in [-0.4, -0.2) is 69.4 Å². The Labute approximate surface area is 221 Å². The molecule has 2 saturated heterocycles. The number of nitrogens with one attached hydrogen (secondary N) is 1. The maximum Gasteiger partial charge on any atom is 0.330 e. The van der Waals surface area contributed by atoms with Crippen molar-refractivity contribution in [1.29, 1.82) is 0 Å². The van der Waals surface area contributed by atoms with Crippen LogP contribution in [0.2, 0.25) is 0 Å². The Bertz CT molecular complexity index is 1120. The number of halogens is 1. The number of carbonyl (C=O) groups is 4. The predicted octanol–water partition coefficient (Wildman–Crippen LogP) is 2.27. The number of fused-ring (bicyclic) bond motifs is 1. The van der Waals surface area contributed by atoms with Gasteiger partial charge in [-0.05, 0) is 17.7 Å². The van der Waals surface area contributed by atoms with E-state index in [9.17, 15) is 19.2 Å². The highest BCUT2D eigenvalue weighted by Crippen LogP contribution is 2.52. The van der Waals surface area contributed by atoms with Crippen molar-refractivity contribution in [1.82, 2.24) is 10.2 Å². The Morgan fingerprint density at radius 1 is 1.06 bits per heavy atom. The number of ether oxygens (including phenoxy) is 3. The number of thioether (sulfide) groups is 1. The molecule has 4 atom stereocenters.